The number of rotatable bonds is 3. The number of hydrogen-bond donors (Lipinski definition) is 2. The molecule has 1 rings (SSSR count). The fourth-order valence-electron chi connectivity index (χ4n) is 1.13. The van der Waals surface area contributed by atoms with Crippen LogP contribution in [-0.2, 0) is 11.2 Å². The van der Waals surface area contributed by atoms with Crippen molar-refractivity contribution in [2.24, 2.45) is 0 Å². The van der Waals surface area contributed by atoms with Gasteiger partial charge in [-0.3, -0.25) is 9.89 Å². The minimum absolute atomic E-state index is 0.106. The van der Waals surface area contributed by atoms with Crippen molar-refractivity contribution in [3.8, 4) is 0 Å². The average Bonchev–Trinajstić information content (AvgIpc) is 2.30. The van der Waals surface area contributed by atoms with Crippen LogP contribution in [0.1, 0.15) is 25.7 Å². The summed E-state index contributed by atoms with van der Waals surface area (Å²) in [5.41, 5.74) is 0. The van der Waals surface area contributed by atoms with E-state index in [0.29, 0.717) is 10.6 Å². The van der Waals surface area contributed by atoms with E-state index in [1.54, 1.807) is 4.57 Å². The fraction of sp³-hybridized carbons (Fsp3) is 0.571. The van der Waals surface area contributed by atoms with Gasteiger partial charge in [-0.15, -0.1) is 0 Å². The van der Waals surface area contributed by atoms with Crippen molar-refractivity contribution in [3.63, 3.8) is 0 Å². The number of aliphatic carboxylic acids is 1. The van der Waals surface area contributed by atoms with Gasteiger partial charge in [0.2, 0.25) is 0 Å². The number of nitrogens with zero attached hydrogens (tertiary/aromatic N) is 2. The summed E-state index contributed by atoms with van der Waals surface area (Å²) in [4.78, 5) is 10.5. The molecule has 13 heavy (non-hydrogen) atoms. The summed E-state index contributed by atoms with van der Waals surface area (Å²) < 4.78 is 2.16. The normalized spacial score (nSPS) is 10.7. The van der Waals surface area contributed by atoms with Gasteiger partial charge in [-0.2, -0.15) is 5.10 Å². The lowest BCUT2D eigenvalue weighted by molar-refractivity contribution is -0.136. The number of nitrogens with one attached hydrogen (secondary N) is 1. The minimum atomic E-state index is -0.907. The maximum Gasteiger partial charge on any atom is 0.311 e. The predicted octanol–water partition coefficient (Wildman–Crippen LogP) is 1.15. The lowest BCUT2D eigenvalue weighted by atomic mass is 10.3. The molecule has 0 aliphatic rings. The van der Waals surface area contributed by atoms with Crippen LogP contribution in [0.5, 0.6) is 0 Å². The number of carboxylic acid groups (broad SMARTS) is 1. The molecule has 0 amide bonds. The Kier molecular flexibility index (Phi) is 2.82. The maximum absolute atomic E-state index is 10.5. The van der Waals surface area contributed by atoms with Gasteiger partial charge in [0, 0.05) is 6.04 Å². The Bertz CT molecular complexity index is 366. The molecule has 0 unspecified atom stereocenters. The molecule has 0 atom stereocenters. The first-order valence-corrected chi connectivity index (χ1v) is 4.30. The van der Waals surface area contributed by atoms with Crippen LogP contribution in [0.25, 0.3) is 0 Å². The van der Waals surface area contributed by atoms with Crippen LogP contribution in [0.2, 0.25) is 0 Å². The van der Waals surface area contributed by atoms with Crippen molar-refractivity contribution >= 4 is 18.2 Å². The van der Waals surface area contributed by atoms with E-state index in [1.165, 1.54) is 0 Å². The molecule has 2 N–H and O–H groups in total. The molecule has 0 saturated carbocycles. The van der Waals surface area contributed by atoms with Crippen LogP contribution in [0, 0.1) is 4.77 Å². The predicted molar refractivity (Wildman–Crippen MR) is 49.1 cm³/mol. The lowest BCUT2D eigenvalue weighted by Crippen LogP contribution is -2.11. The zero-order valence-corrected chi connectivity index (χ0v) is 8.26. The molecule has 1 heterocycles. The van der Waals surface area contributed by atoms with E-state index < -0.39 is 5.97 Å². The fourth-order valence-corrected chi connectivity index (χ4v) is 1.49. The SMILES string of the molecule is CC(C)n1c(CC(=O)O)n[nH]c1=S. The van der Waals surface area contributed by atoms with Crippen molar-refractivity contribution in [2.45, 2.75) is 26.3 Å². The topological polar surface area (TPSA) is 70.9 Å². The number of H-pyrrole nitrogens is 1. The Hall–Kier alpha value is -1.17. The zero-order valence-electron chi connectivity index (χ0n) is 7.44. The molecule has 72 valence electrons. The monoisotopic (exact) mass is 201 g/mol. The van der Waals surface area contributed by atoms with Gasteiger partial charge in [0.25, 0.3) is 0 Å². The van der Waals surface area contributed by atoms with Crippen LogP contribution >= 0.6 is 12.2 Å². The van der Waals surface area contributed by atoms with Gasteiger partial charge in [-0.05, 0) is 26.1 Å². The molecular weight excluding hydrogens is 190 g/mol. The third-order valence-corrected chi connectivity index (χ3v) is 1.89. The molecule has 0 bridgehead atoms. The Labute approximate surface area is 80.4 Å². The van der Waals surface area contributed by atoms with Crippen LogP contribution in [-0.4, -0.2) is 25.8 Å². The molecule has 0 spiro atoms. The molecule has 0 saturated heterocycles. The Morgan fingerprint density at radius 2 is 2.38 bits per heavy atom. The van der Waals surface area contributed by atoms with Crippen molar-refractivity contribution in [1.29, 1.82) is 0 Å². The first-order valence-electron chi connectivity index (χ1n) is 3.90. The summed E-state index contributed by atoms with van der Waals surface area (Å²) in [6.45, 7) is 3.85. The Balaban J connectivity index is 3.07. The molecule has 0 aliphatic carbocycles. The number of aromatic amines is 1. The van der Waals surface area contributed by atoms with Gasteiger partial charge < -0.3 is 9.67 Å². The van der Waals surface area contributed by atoms with Crippen LogP contribution in [0.15, 0.2) is 0 Å². The smallest absolute Gasteiger partial charge is 0.311 e. The van der Waals surface area contributed by atoms with Crippen LogP contribution in [0.3, 0.4) is 0 Å². The van der Waals surface area contributed by atoms with Crippen LogP contribution < -0.4 is 0 Å². The highest BCUT2D eigenvalue weighted by Crippen LogP contribution is 2.08. The van der Waals surface area contributed by atoms with Gasteiger partial charge >= 0.3 is 5.97 Å². The van der Waals surface area contributed by atoms with E-state index in [0.717, 1.165) is 0 Å². The average molecular weight is 201 g/mol. The Morgan fingerprint density at radius 3 is 2.85 bits per heavy atom. The van der Waals surface area contributed by atoms with E-state index >= 15 is 0 Å². The summed E-state index contributed by atoms with van der Waals surface area (Å²) in [6, 6.07) is 0.126. The second-order valence-corrected chi connectivity index (χ2v) is 3.37. The number of carbonyl (C=O) groups is 1. The first-order chi connectivity index (χ1) is 6.02. The van der Waals surface area contributed by atoms with Gasteiger partial charge in [0.15, 0.2) is 4.77 Å². The summed E-state index contributed by atoms with van der Waals surface area (Å²) >= 11 is 4.95. The molecule has 0 aliphatic heterocycles. The molecular formula is C7H11N3O2S. The number of hydrogen-bond acceptors (Lipinski definition) is 3. The van der Waals surface area contributed by atoms with Crippen molar-refractivity contribution < 1.29 is 9.90 Å². The van der Waals surface area contributed by atoms with E-state index in [4.69, 9.17) is 17.3 Å². The minimum Gasteiger partial charge on any atom is -0.481 e. The molecule has 0 radical (unpaired) electrons. The summed E-state index contributed by atoms with van der Waals surface area (Å²) in [5.74, 6) is -0.441. The standard InChI is InChI=1S/C7H11N3O2S/c1-4(2)10-5(3-6(11)12)8-9-7(10)13/h4H,3H2,1-2H3,(H,9,13)(H,11,12). The van der Waals surface area contributed by atoms with Gasteiger partial charge in [0.1, 0.15) is 12.2 Å². The molecule has 1 aromatic rings. The summed E-state index contributed by atoms with van der Waals surface area (Å²) in [7, 11) is 0. The number of carboxylic acids is 1. The lowest BCUT2D eigenvalue weighted by Gasteiger charge is -2.08. The third kappa shape index (κ3) is 2.15. The number of aromatic nitrogens is 3. The van der Waals surface area contributed by atoms with E-state index in [2.05, 4.69) is 10.2 Å². The Morgan fingerprint density at radius 1 is 1.77 bits per heavy atom. The van der Waals surface area contributed by atoms with Crippen molar-refractivity contribution in [2.75, 3.05) is 0 Å². The van der Waals surface area contributed by atoms with Gasteiger partial charge in [0.05, 0.1) is 0 Å². The highest BCUT2D eigenvalue weighted by molar-refractivity contribution is 7.71. The molecule has 5 nitrogen and oxygen atoms in total. The highest BCUT2D eigenvalue weighted by Gasteiger charge is 2.11. The van der Waals surface area contributed by atoms with Gasteiger partial charge in [-0.1, -0.05) is 0 Å². The molecule has 1 aromatic heterocycles. The van der Waals surface area contributed by atoms with E-state index in [-0.39, 0.29) is 12.5 Å². The second kappa shape index (κ2) is 3.69. The zero-order chi connectivity index (χ0) is 10.0. The van der Waals surface area contributed by atoms with Crippen LogP contribution in [0.4, 0.5) is 0 Å². The second-order valence-electron chi connectivity index (χ2n) is 2.98. The first kappa shape index (κ1) is 9.91. The molecule has 0 fully saturated rings. The third-order valence-electron chi connectivity index (χ3n) is 1.60. The van der Waals surface area contributed by atoms with E-state index in [9.17, 15) is 4.79 Å². The van der Waals surface area contributed by atoms with Crippen molar-refractivity contribution in [3.05, 3.63) is 10.6 Å². The van der Waals surface area contributed by atoms with Gasteiger partial charge in [-0.25, -0.2) is 0 Å². The highest BCUT2D eigenvalue weighted by atomic mass is 32.1. The molecule has 6 heteroatoms. The molecule has 0 aromatic carbocycles. The van der Waals surface area contributed by atoms with E-state index in [1.807, 2.05) is 13.8 Å². The summed E-state index contributed by atoms with van der Waals surface area (Å²) in [6.07, 6.45) is -0.106. The quantitative estimate of drug-likeness (QED) is 0.719. The largest absolute Gasteiger partial charge is 0.481 e. The van der Waals surface area contributed by atoms with Crippen molar-refractivity contribution in [1.82, 2.24) is 14.8 Å². The summed E-state index contributed by atoms with van der Waals surface area (Å²) in [5, 5.41) is 15.0. The maximum atomic E-state index is 10.5.